The number of nitrogens with zero attached hydrogens (tertiary/aromatic N) is 1. The maximum absolute atomic E-state index is 12.0. The molecule has 0 saturated carbocycles. The molecular formula is C16H19NO4. The van der Waals surface area contributed by atoms with Crippen LogP contribution in [0.3, 0.4) is 0 Å². The minimum Gasteiger partial charge on any atom is -0.461 e. The van der Waals surface area contributed by atoms with Gasteiger partial charge in [0.05, 0.1) is 0 Å². The van der Waals surface area contributed by atoms with Gasteiger partial charge in [-0.3, -0.25) is 0 Å². The van der Waals surface area contributed by atoms with Crippen molar-refractivity contribution in [3.05, 3.63) is 46.3 Å². The molecule has 1 heterocycles. The van der Waals surface area contributed by atoms with E-state index in [1.807, 2.05) is 19.9 Å². The molecule has 0 fully saturated rings. The molecule has 0 amide bonds. The number of carbonyl (C=O) groups is 1. The highest BCUT2D eigenvalue weighted by molar-refractivity contribution is 5.92. The van der Waals surface area contributed by atoms with E-state index in [2.05, 4.69) is 4.90 Å². The number of ether oxygens (including phenoxy) is 1. The van der Waals surface area contributed by atoms with Crippen LogP contribution in [0.5, 0.6) is 0 Å². The van der Waals surface area contributed by atoms with Crippen LogP contribution in [0.25, 0.3) is 11.0 Å². The average Bonchev–Trinajstić information content (AvgIpc) is 2.50. The van der Waals surface area contributed by atoms with Gasteiger partial charge in [0.25, 0.3) is 0 Å². The highest BCUT2D eigenvalue weighted by Crippen LogP contribution is 2.13. The number of fused-ring (bicyclic) bond motifs is 1. The van der Waals surface area contributed by atoms with E-state index in [0.717, 1.165) is 13.1 Å². The molecule has 0 aliphatic carbocycles. The van der Waals surface area contributed by atoms with Gasteiger partial charge in [-0.25, -0.2) is 9.59 Å². The summed E-state index contributed by atoms with van der Waals surface area (Å²) < 4.78 is 10.3. The summed E-state index contributed by atoms with van der Waals surface area (Å²) in [6, 6.07) is 8.57. The molecule has 0 saturated heterocycles. The molecule has 0 spiro atoms. The van der Waals surface area contributed by atoms with Gasteiger partial charge in [0, 0.05) is 11.9 Å². The van der Waals surface area contributed by atoms with Crippen LogP contribution in [0.4, 0.5) is 0 Å². The molecule has 2 aromatic rings. The average molecular weight is 289 g/mol. The molecule has 112 valence electrons. The van der Waals surface area contributed by atoms with Crippen molar-refractivity contribution in [2.75, 3.05) is 26.2 Å². The quantitative estimate of drug-likeness (QED) is 0.603. The van der Waals surface area contributed by atoms with Crippen molar-refractivity contribution in [2.45, 2.75) is 13.8 Å². The molecule has 0 N–H and O–H groups in total. The number of esters is 1. The largest absolute Gasteiger partial charge is 0.461 e. The van der Waals surface area contributed by atoms with Crippen LogP contribution in [-0.4, -0.2) is 37.1 Å². The van der Waals surface area contributed by atoms with Crippen molar-refractivity contribution < 1.29 is 13.9 Å². The second-order valence-corrected chi connectivity index (χ2v) is 4.65. The predicted octanol–water partition coefficient (Wildman–Crippen LogP) is 2.29. The lowest BCUT2D eigenvalue weighted by molar-refractivity contribution is 0.0462. The van der Waals surface area contributed by atoms with Crippen molar-refractivity contribution in [1.29, 1.82) is 0 Å². The van der Waals surface area contributed by atoms with Crippen molar-refractivity contribution in [1.82, 2.24) is 4.90 Å². The van der Waals surface area contributed by atoms with Crippen LogP contribution < -0.4 is 5.63 Å². The zero-order chi connectivity index (χ0) is 15.2. The molecular weight excluding hydrogens is 270 g/mol. The van der Waals surface area contributed by atoms with E-state index in [9.17, 15) is 9.59 Å². The van der Waals surface area contributed by atoms with Gasteiger partial charge in [-0.15, -0.1) is 0 Å². The predicted molar refractivity (Wildman–Crippen MR) is 80.6 cm³/mol. The Kier molecular flexibility index (Phi) is 5.11. The Balaban J connectivity index is 2.09. The number of rotatable bonds is 6. The van der Waals surface area contributed by atoms with E-state index in [1.165, 1.54) is 6.07 Å². The van der Waals surface area contributed by atoms with Gasteiger partial charge in [-0.05, 0) is 25.2 Å². The highest BCUT2D eigenvalue weighted by atomic mass is 16.5. The Bertz CT molecular complexity index is 673. The van der Waals surface area contributed by atoms with Crippen molar-refractivity contribution in [2.24, 2.45) is 0 Å². The Hall–Kier alpha value is -2.14. The fraction of sp³-hybridized carbons (Fsp3) is 0.375. The SMILES string of the molecule is CCN(CC)CCOC(=O)c1cc2ccccc2oc1=O. The second kappa shape index (κ2) is 7.04. The Morgan fingerprint density at radius 2 is 1.95 bits per heavy atom. The first-order chi connectivity index (χ1) is 10.2. The van der Waals surface area contributed by atoms with Crippen molar-refractivity contribution in [3.63, 3.8) is 0 Å². The molecule has 21 heavy (non-hydrogen) atoms. The Labute approximate surface area is 123 Å². The van der Waals surface area contributed by atoms with Crippen LogP contribution in [0.1, 0.15) is 24.2 Å². The minimum absolute atomic E-state index is 0.0618. The first-order valence-corrected chi connectivity index (χ1v) is 7.08. The maximum atomic E-state index is 12.0. The molecule has 0 atom stereocenters. The molecule has 0 bridgehead atoms. The van der Waals surface area contributed by atoms with Crippen molar-refractivity contribution >= 4 is 16.9 Å². The lowest BCUT2D eigenvalue weighted by atomic mass is 10.2. The lowest BCUT2D eigenvalue weighted by Gasteiger charge is -2.17. The summed E-state index contributed by atoms with van der Waals surface area (Å²) in [5.41, 5.74) is -0.267. The molecule has 1 aromatic carbocycles. The number of carbonyl (C=O) groups excluding carboxylic acids is 1. The first kappa shape index (κ1) is 15.3. The van der Waals surface area contributed by atoms with Crippen LogP contribution in [-0.2, 0) is 4.74 Å². The van der Waals surface area contributed by atoms with Gasteiger partial charge < -0.3 is 14.1 Å². The van der Waals surface area contributed by atoms with E-state index >= 15 is 0 Å². The third kappa shape index (κ3) is 3.70. The monoisotopic (exact) mass is 289 g/mol. The molecule has 0 unspecified atom stereocenters. The molecule has 2 rings (SSSR count). The zero-order valence-electron chi connectivity index (χ0n) is 12.3. The highest BCUT2D eigenvalue weighted by Gasteiger charge is 2.15. The van der Waals surface area contributed by atoms with Crippen LogP contribution in [0, 0.1) is 0 Å². The summed E-state index contributed by atoms with van der Waals surface area (Å²) in [6.45, 7) is 6.79. The summed E-state index contributed by atoms with van der Waals surface area (Å²) in [4.78, 5) is 25.9. The lowest BCUT2D eigenvalue weighted by Crippen LogP contribution is -2.28. The second-order valence-electron chi connectivity index (χ2n) is 4.65. The summed E-state index contributed by atoms with van der Waals surface area (Å²) in [5.74, 6) is -0.637. The Morgan fingerprint density at radius 3 is 2.67 bits per heavy atom. The standard InChI is InChI=1S/C16H19NO4/c1-3-17(4-2)9-10-20-15(18)13-11-12-7-5-6-8-14(12)21-16(13)19/h5-8,11H,3-4,9-10H2,1-2H3. The molecule has 0 aliphatic rings. The minimum atomic E-state index is -0.665. The zero-order valence-corrected chi connectivity index (χ0v) is 12.3. The number of benzene rings is 1. The number of likely N-dealkylation sites (N-methyl/N-ethyl adjacent to an activating group) is 1. The molecule has 0 aliphatic heterocycles. The van der Waals surface area contributed by atoms with E-state index in [0.29, 0.717) is 17.5 Å². The van der Waals surface area contributed by atoms with Gasteiger partial charge in [0.1, 0.15) is 17.8 Å². The fourth-order valence-corrected chi connectivity index (χ4v) is 2.09. The maximum Gasteiger partial charge on any atom is 0.351 e. The number of hydrogen-bond acceptors (Lipinski definition) is 5. The van der Waals surface area contributed by atoms with E-state index in [-0.39, 0.29) is 12.2 Å². The van der Waals surface area contributed by atoms with Gasteiger partial charge in [-0.1, -0.05) is 32.0 Å². The molecule has 5 nitrogen and oxygen atoms in total. The van der Waals surface area contributed by atoms with Crippen LogP contribution in [0.2, 0.25) is 0 Å². The van der Waals surface area contributed by atoms with Crippen LogP contribution >= 0.6 is 0 Å². The smallest absolute Gasteiger partial charge is 0.351 e. The first-order valence-electron chi connectivity index (χ1n) is 7.08. The number of para-hydroxylation sites is 1. The summed E-state index contributed by atoms with van der Waals surface area (Å²) in [5, 5.41) is 0.702. The summed E-state index contributed by atoms with van der Waals surface area (Å²) in [6.07, 6.45) is 0. The number of hydrogen-bond donors (Lipinski definition) is 0. The summed E-state index contributed by atoms with van der Waals surface area (Å²) in [7, 11) is 0. The third-order valence-corrected chi connectivity index (χ3v) is 3.40. The third-order valence-electron chi connectivity index (χ3n) is 3.40. The fourth-order valence-electron chi connectivity index (χ4n) is 2.09. The van der Waals surface area contributed by atoms with Gasteiger partial charge >= 0.3 is 11.6 Å². The molecule has 1 aromatic heterocycles. The summed E-state index contributed by atoms with van der Waals surface area (Å²) >= 11 is 0. The normalized spacial score (nSPS) is 11.0. The molecule has 0 radical (unpaired) electrons. The van der Waals surface area contributed by atoms with E-state index in [1.54, 1.807) is 18.2 Å². The van der Waals surface area contributed by atoms with Crippen molar-refractivity contribution in [3.8, 4) is 0 Å². The van der Waals surface area contributed by atoms with E-state index in [4.69, 9.17) is 9.15 Å². The molecule has 5 heteroatoms. The van der Waals surface area contributed by atoms with Gasteiger partial charge in [0.2, 0.25) is 0 Å². The van der Waals surface area contributed by atoms with E-state index < -0.39 is 11.6 Å². The topological polar surface area (TPSA) is 59.8 Å². The van der Waals surface area contributed by atoms with Crippen LogP contribution in [0.15, 0.2) is 39.5 Å². The van der Waals surface area contributed by atoms with Gasteiger partial charge in [0.15, 0.2) is 0 Å². The van der Waals surface area contributed by atoms with Gasteiger partial charge in [-0.2, -0.15) is 0 Å². The Morgan fingerprint density at radius 1 is 1.24 bits per heavy atom.